The van der Waals surface area contributed by atoms with Gasteiger partial charge in [0.25, 0.3) is 10.0 Å². The van der Waals surface area contributed by atoms with E-state index in [-0.39, 0.29) is 45.5 Å². The van der Waals surface area contributed by atoms with Crippen LogP contribution in [0.15, 0.2) is 102 Å². The van der Waals surface area contributed by atoms with Gasteiger partial charge in [-0.15, -0.1) is 0 Å². The molecule has 2 amide bonds. The minimum absolute atomic E-state index is 0.00742. The maximum Gasteiger partial charge on any atom is 0.264 e. The molecule has 1 N–H and O–H groups in total. The average Bonchev–Trinajstić information content (AvgIpc) is 3.03. The fourth-order valence-corrected chi connectivity index (χ4v) is 6.93. The smallest absolute Gasteiger partial charge is 0.264 e. The van der Waals surface area contributed by atoms with Gasteiger partial charge in [0.15, 0.2) is 0 Å². The molecule has 0 fully saturated rings. The van der Waals surface area contributed by atoms with Gasteiger partial charge < -0.3 is 10.2 Å². The second-order valence-corrected chi connectivity index (χ2v) is 14.2. The molecule has 0 aromatic heterocycles. The summed E-state index contributed by atoms with van der Waals surface area (Å²) in [7, 11) is -4.32. The van der Waals surface area contributed by atoms with Crippen molar-refractivity contribution in [3.8, 4) is 0 Å². The van der Waals surface area contributed by atoms with E-state index in [4.69, 9.17) is 34.8 Å². The molecule has 4 aromatic rings. The van der Waals surface area contributed by atoms with Gasteiger partial charge in [-0.3, -0.25) is 13.9 Å². The zero-order valence-corrected chi connectivity index (χ0v) is 28.9. The van der Waals surface area contributed by atoms with Crippen molar-refractivity contribution in [1.29, 1.82) is 0 Å². The van der Waals surface area contributed by atoms with E-state index in [1.54, 1.807) is 36.4 Å². The summed E-state index contributed by atoms with van der Waals surface area (Å²) in [6.07, 6.45) is 0.875. The Labute approximate surface area is 286 Å². The third-order valence-electron chi connectivity index (χ3n) is 7.58. The summed E-state index contributed by atoms with van der Waals surface area (Å²) in [6.45, 7) is 5.02. The first-order chi connectivity index (χ1) is 21.9. The highest BCUT2D eigenvalue weighted by atomic mass is 35.5. The maximum atomic E-state index is 14.6. The molecule has 2 unspecified atom stereocenters. The molecule has 0 bridgehead atoms. The van der Waals surface area contributed by atoms with Crippen molar-refractivity contribution in [2.24, 2.45) is 0 Å². The topological polar surface area (TPSA) is 86.8 Å². The van der Waals surface area contributed by atoms with E-state index >= 15 is 0 Å². The van der Waals surface area contributed by atoms with Crippen LogP contribution in [0.3, 0.4) is 0 Å². The van der Waals surface area contributed by atoms with Gasteiger partial charge in [0.2, 0.25) is 11.8 Å². The fraction of sp³-hybridized carbons (Fsp3) is 0.257. The van der Waals surface area contributed by atoms with Crippen LogP contribution >= 0.6 is 34.8 Å². The highest BCUT2D eigenvalue weighted by molar-refractivity contribution is 7.92. The van der Waals surface area contributed by atoms with Gasteiger partial charge in [0.1, 0.15) is 12.6 Å². The van der Waals surface area contributed by atoms with Crippen LogP contribution in [0, 0.1) is 6.92 Å². The van der Waals surface area contributed by atoms with Crippen molar-refractivity contribution < 1.29 is 18.0 Å². The Morgan fingerprint density at radius 3 is 2.13 bits per heavy atom. The normalized spacial score (nSPS) is 12.7. The van der Waals surface area contributed by atoms with Gasteiger partial charge in [-0.05, 0) is 73.9 Å². The Morgan fingerprint density at radius 1 is 0.826 bits per heavy atom. The number of benzene rings is 4. The molecule has 0 radical (unpaired) electrons. The number of carbonyl (C=O) groups is 2. The monoisotopic (exact) mass is 699 g/mol. The van der Waals surface area contributed by atoms with E-state index < -0.39 is 28.5 Å². The summed E-state index contributed by atoms with van der Waals surface area (Å²) in [4.78, 5) is 29.9. The number of sulfonamides is 1. The predicted molar refractivity (Wildman–Crippen MR) is 186 cm³/mol. The molecule has 0 spiro atoms. The van der Waals surface area contributed by atoms with Gasteiger partial charge in [0.05, 0.1) is 15.6 Å². The molecule has 4 rings (SSSR count). The summed E-state index contributed by atoms with van der Waals surface area (Å²) in [5.74, 6) is -0.978. The van der Waals surface area contributed by atoms with E-state index in [1.165, 1.54) is 35.2 Å². The van der Waals surface area contributed by atoms with Crippen LogP contribution in [0.25, 0.3) is 0 Å². The van der Waals surface area contributed by atoms with Crippen LogP contribution < -0.4 is 9.62 Å². The predicted octanol–water partition coefficient (Wildman–Crippen LogP) is 7.71. The first-order valence-electron chi connectivity index (χ1n) is 14.8. The zero-order valence-electron chi connectivity index (χ0n) is 25.8. The maximum absolute atomic E-state index is 14.6. The molecule has 0 aliphatic carbocycles. The summed E-state index contributed by atoms with van der Waals surface area (Å²) in [5, 5.41) is 3.80. The summed E-state index contributed by atoms with van der Waals surface area (Å²) >= 11 is 19.2. The lowest BCUT2D eigenvalue weighted by Gasteiger charge is -2.34. The van der Waals surface area contributed by atoms with E-state index in [2.05, 4.69) is 5.32 Å². The van der Waals surface area contributed by atoms with Crippen LogP contribution in [-0.4, -0.2) is 43.8 Å². The third-order valence-corrected chi connectivity index (χ3v) is 10.1. The number of anilines is 1. The molecule has 0 aliphatic rings. The zero-order chi connectivity index (χ0) is 33.4. The molecule has 11 heteroatoms. The molecule has 4 aromatic carbocycles. The molecule has 0 heterocycles. The van der Waals surface area contributed by atoms with Crippen molar-refractivity contribution in [2.75, 3.05) is 10.8 Å². The highest BCUT2D eigenvalue weighted by Crippen LogP contribution is 2.33. The SMILES string of the molecule is CCC(C)NC(=O)C(Cc1ccccc1)N(Cc1cccc(Cl)c1)C(=O)CN(c1cc(Cl)ccc1Cl)S(=O)(=O)c1ccc(C)cc1. The van der Waals surface area contributed by atoms with Gasteiger partial charge in [-0.25, -0.2) is 8.42 Å². The molecule has 0 saturated carbocycles. The minimum Gasteiger partial charge on any atom is -0.352 e. The number of halogens is 3. The number of nitrogens with one attached hydrogen (secondary N) is 1. The Morgan fingerprint density at radius 2 is 1.48 bits per heavy atom. The van der Waals surface area contributed by atoms with Crippen molar-refractivity contribution in [3.63, 3.8) is 0 Å². The van der Waals surface area contributed by atoms with Crippen molar-refractivity contribution >= 4 is 62.3 Å². The second kappa shape index (κ2) is 15.8. The minimum atomic E-state index is -4.32. The molecule has 2 atom stereocenters. The number of aryl methyl sites for hydroxylation is 1. The van der Waals surface area contributed by atoms with Crippen molar-refractivity contribution in [3.05, 3.63) is 129 Å². The number of amides is 2. The number of nitrogens with zero attached hydrogens (tertiary/aromatic N) is 2. The first-order valence-corrected chi connectivity index (χ1v) is 17.4. The van der Waals surface area contributed by atoms with Gasteiger partial charge in [0, 0.05) is 29.1 Å². The standard InChI is InChI=1S/C35H36Cl3N3O4S/c1-4-25(3)39-35(43)33(20-26-9-6-5-7-10-26)40(22-27-11-8-12-28(36)19-27)34(42)23-41(32-21-29(37)15-18-31(32)38)46(44,45)30-16-13-24(2)14-17-30/h5-19,21,25,33H,4,20,22-23H2,1-3H3,(H,39,43). The van der Waals surface area contributed by atoms with Crippen LogP contribution in [-0.2, 0) is 32.6 Å². The van der Waals surface area contributed by atoms with Crippen LogP contribution in [0.2, 0.25) is 15.1 Å². The number of hydrogen-bond donors (Lipinski definition) is 1. The molecule has 0 saturated heterocycles. The molecule has 7 nitrogen and oxygen atoms in total. The quantitative estimate of drug-likeness (QED) is 0.155. The Hall–Kier alpha value is -3.56. The first kappa shape index (κ1) is 35.3. The van der Waals surface area contributed by atoms with Crippen LogP contribution in [0.4, 0.5) is 5.69 Å². The number of hydrogen-bond acceptors (Lipinski definition) is 4. The van der Waals surface area contributed by atoms with Gasteiger partial charge in [-0.2, -0.15) is 0 Å². The summed E-state index contributed by atoms with van der Waals surface area (Å²) in [5.41, 5.74) is 2.40. The van der Waals surface area contributed by atoms with Crippen molar-refractivity contribution in [2.45, 2.75) is 57.1 Å². The summed E-state index contributed by atoms with van der Waals surface area (Å²) in [6, 6.07) is 25.9. The second-order valence-electron chi connectivity index (χ2n) is 11.1. The van der Waals surface area contributed by atoms with Crippen LogP contribution in [0.5, 0.6) is 0 Å². The summed E-state index contributed by atoms with van der Waals surface area (Å²) < 4.78 is 29.4. The van der Waals surface area contributed by atoms with E-state index in [0.717, 1.165) is 15.4 Å². The van der Waals surface area contributed by atoms with Crippen molar-refractivity contribution in [1.82, 2.24) is 10.2 Å². The lowest BCUT2D eigenvalue weighted by molar-refractivity contribution is -0.140. The highest BCUT2D eigenvalue weighted by Gasteiger charge is 2.35. The molecular weight excluding hydrogens is 665 g/mol. The number of rotatable bonds is 13. The largest absolute Gasteiger partial charge is 0.352 e. The fourth-order valence-electron chi connectivity index (χ4n) is 4.85. The lowest BCUT2D eigenvalue weighted by Crippen LogP contribution is -2.54. The van der Waals surface area contributed by atoms with Gasteiger partial charge in [-0.1, -0.05) is 102 Å². The molecule has 46 heavy (non-hydrogen) atoms. The third kappa shape index (κ3) is 9.04. The Kier molecular flexibility index (Phi) is 12.1. The Balaban J connectivity index is 1.84. The lowest BCUT2D eigenvalue weighted by atomic mass is 10.0. The Bertz CT molecular complexity index is 1770. The van der Waals surface area contributed by atoms with Gasteiger partial charge >= 0.3 is 0 Å². The van der Waals surface area contributed by atoms with E-state index in [1.807, 2.05) is 51.1 Å². The van der Waals surface area contributed by atoms with Crippen LogP contribution in [0.1, 0.15) is 37.0 Å². The molecular formula is C35H36Cl3N3O4S. The van der Waals surface area contributed by atoms with E-state index in [9.17, 15) is 18.0 Å². The molecule has 0 aliphatic heterocycles. The number of carbonyl (C=O) groups excluding carboxylic acids is 2. The molecule has 242 valence electrons. The van der Waals surface area contributed by atoms with E-state index in [0.29, 0.717) is 17.0 Å². The average molecular weight is 701 g/mol.